The van der Waals surface area contributed by atoms with E-state index in [9.17, 15) is 9.90 Å². The van der Waals surface area contributed by atoms with Crippen LogP contribution in [-0.2, 0) is 16.0 Å². The number of benzene rings is 1. The first-order valence-electron chi connectivity index (χ1n) is 5.03. The molecule has 0 radical (unpaired) electrons. The van der Waals surface area contributed by atoms with Gasteiger partial charge in [0.05, 0.1) is 7.11 Å². The second-order valence-corrected chi connectivity index (χ2v) is 3.60. The molecule has 0 saturated carbocycles. The minimum Gasteiger partial charge on any atom is -0.467 e. The fourth-order valence-corrected chi connectivity index (χ4v) is 1.73. The molecule has 1 atom stereocenters. The van der Waals surface area contributed by atoms with Crippen LogP contribution >= 0.6 is 0 Å². The summed E-state index contributed by atoms with van der Waals surface area (Å²) in [5.41, 5.74) is 1.91. The minimum absolute atomic E-state index is 0.261. The fourth-order valence-electron chi connectivity index (χ4n) is 1.73. The highest BCUT2D eigenvalue weighted by Gasteiger charge is 2.17. The Balaban J connectivity index is 2.24. The lowest BCUT2D eigenvalue weighted by atomic mass is 10.1. The Kier molecular flexibility index (Phi) is 2.92. The summed E-state index contributed by atoms with van der Waals surface area (Å²) in [7, 11) is 1.26. The molecule has 0 aliphatic carbocycles. The van der Waals surface area contributed by atoms with Crippen LogP contribution in [0.2, 0.25) is 0 Å². The lowest BCUT2D eigenvalue weighted by Gasteiger charge is -2.06. The van der Waals surface area contributed by atoms with Crippen LogP contribution in [0.4, 0.5) is 0 Å². The van der Waals surface area contributed by atoms with E-state index in [4.69, 9.17) is 0 Å². The van der Waals surface area contributed by atoms with Gasteiger partial charge in [0.15, 0.2) is 6.10 Å². The number of rotatable bonds is 3. The number of esters is 1. The number of methoxy groups -OCH3 is 1. The number of aromatic nitrogens is 1. The van der Waals surface area contributed by atoms with Crippen molar-refractivity contribution < 1.29 is 14.6 Å². The zero-order valence-electron chi connectivity index (χ0n) is 8.93. The highest BCUT2D eigenvalue weighted by Crippen LogP contribution is 2.19. The molecular formula is C12H13NO3. The SMILES string of the molecule is COC(=O)[C@H](O)Cc1c[nH]c2ccccc12. The standard InChI is InChI=1S/C12H13NO3/c1-16-12(15)11(14)6-8-7-13-10-5-3-2-4-9(8)10/h2-5,7,11,13-14H,6H2,1H3/t11-/m1/s1. The molecule has 2 rings (SSSR count). The molecule has 84 valence electrons. The molecule has 1 heterocycles. The second-order valence-electron chi connectivity index (χ2n) is 3.60. The molecule has 0 bridgehead atoms. The summed E-state index contributed by atoms with van der Waals surface area (Å²) >= 11 is 0. The summed E-state index contributed by atoms with van der Waals surface area (Å²) in [5.74, 6) is -0.606. The molecule has 0 amide bonds. The van der Waals surface area contributed by atoms with E-state index in [1.807, 2.05) is 24.3 Å². The van der Waals surface area contributed by atoms with Crippen molar-refractivity contribution >= 4 is 16.9 Å². The van der Waals surface area contributed by atoms with E-state index in [0.29, 0.717) is 0 Å². The van der Waals surface area contributed by atoms with Gasteiger partial charge in [0.1, 0.15) is 0 Å². The fraction of sp³-hybridized carbons (Fsp3) is 0.250. The number of hydrogen-bond acceptors (Lipinski definition) is 3. The monoisotopic (exact) mass is 219 g/mol. The first-order chi connectivity index (χ1) is 7.72. The Morgan fingerprint density at radius 3 is 3.00 bits per heavy atom. The molecule has 0 spiro atoms. The van der Waals surface area contributed by atoms with E-state index in [0.717, 1.165) is 16.5 Å². The van der Waals surface area contributed by atoms with E-state index < -0.39 is 12.1 Å². The molecule has 1 aromatic heterocycles. The molecule has 0 unspecified atom stereocenters. The maximum atomic E-state index is 11.1. The van der Waals surface area contributed by atoms with Gasteiger partial charge in [-0.3, -0.25) is 0 Å². The topological polar surface area (TPSA) is 62.3 Å². The molecule has 0 aliphatic rings. The Morgan fingerprint density at radius 2 is 2.25 bits per heavy atom. The van der Waals surface area contributed by atoms with Crippen LogP contribution < -0.4 is 0 Å². The molecule has 16 heavy (non-hydrogen) atoms. The number of H-pyrrole nitrogens is 1. The Hall–Kier alpha value is -1.81. The highest BCUT2D eigenvalue weighted by atomic mass is 16.5. The predicted octanol–water partition coefficient (Wildman–Crippen LogP) is 1.24. The number of carbonyl (C=O) groups excluding carboxylic acids is 1. The van der Waals surface area contributed by atoms with Crippen molar-refractivity contribution in [2.45, 2.75) is 12.5 Å². The van der Waals surface area contributed by atoms with E-state index in [-0.39, 0.29) is 6.42 Å². The first kappa shape index (κ1) is 10.7. The van der Waals surface area contributed by atoms with Crippen molar-refractivity contribution in [1.29, 1.82) is 0 Å². The number of carbonyl (C=O) groups is 1. The van der Waals surface area contributed by atoms with Crippen LogP contribution in [0.5, 0.6) is 0 Å². The third-order valence-electron chi connectivity index (χ3n) is 2.56. The molecule has 0 aliphatic heterocycles. The lowest BCUT2D eigenvalue weighted by Crippen LogP contribution is -2.23. The van der Waals surface area contributed by atoms with Crippen molar-refractivity contribution in [3.05, 3.63) is 36.0 Å². The van der Waals surface area contributed by atoms with Crippen molar-refractivity contribution in [2.24, 2.45) is 0 Å². The van der Waals surface area contributed by atoms with Gasteiger partial charge >= 0.3 is 5.97 Å². The molecule has 1 aromatic carbocycles. The summed E-state index contributed by atoms with van der Waals surface area (Å²) in [6.45, 7) is 0. The maximum Gasteiger partial charge on any atom is 0.335 e. The molecule has 4 nitrogen and oxygen atoms in total. The van der Waals surface area contributed by atoms with Crippen molar-refractivity contribution in [2.75, 3.05) is 7.11 Å². The lowest BCUT2D eigenvalue weighted by molar-refractivity contribution is -0.150. The molecule has 2 N–H and O–H groups in total. The number of ether oxygens (including phenoxy) is 1. The molecule has 4 heteroatoms. The first-order valence-corrected chi connectivity index (χ1v) is 5.03. The van der Waals surface area contributed by atoms with Crippen LogP contribution in [0.1, 0.15) is 5.56 Å². The van der Waals surface area contributed by atoms with Gasteiger partial charge < -0.3 is 14.8 Å². The van der Waals surface area contributed by atoms with E-state index >= 15 is 0 Å². The van der Waals surface area contributed by atoms with Gasteiger partial charge in [-0.2, -0.15) is 0 Å². The Labute approximate surface area is 92.9 Å². The number of fused-ring (bicyclic) bond motifs is 1. The van der Waals surface area contributed by atoms with Gasteiger partial charge in [0.25, 0.3) is 0 Å². The second kappa shape index (κ2) is 4.37. The van der Waals surface area contributed by atoms with Gasteiger partial charge in [-0.1, -0.05) is 18.2 Å². The zero-order chi connectivity index (χ0) is 11.5. The number of para-hydroxylation sites is 1. The van der Waals surface area contributed by atoms with Crippen LogP contribution in [0.25, 0.3) is 10.9 Å². The van der Waals surface area contributed by atoms with Gasteiger partial charge in [0.2, 0.25) is 0 Å². The van der Waals surface area contributed by atoms with Crippen LogP contribution in [0.15, 0.2) is 30.5 Å². The predicted molar refractivity (Wildman–Crippen MR) is 60.0 cm³/mol. The molecule has 2 aromatic rings. The van der Waals surface area contributed by atoms with Gasteiger partial charge in [0, 0.05) is 23.5 Å². The molecular weight excluding hydrogens is 206 g/mol. The van der Waals surface area contributed by atoms with Crippen LogP contribution in [0, 0.1) is 0 Å². The largest absolute Gasteiger partial charge is 0.467 e. The van der Waals surface area contributed by atoms with Crippen LogP contribution in [0.3, 0.4) is 0 Å². The van der Waals surface area contributed by atoms with E-state index in [2.05, 4.69) is 9.72 Å². The molecule has 0 fully saturated rings. The summed E-state index contributed by atoms with van der Waals surface area (Å²) in [4.78, 5) is 14.2. The van der Waals surface area contributed by atoms with Crippen molar-refractivity contribution in [3.63, 3.8) is 0 Å². The quantitative estimate of drug-likeness (QED) is 0.763. The van der Waals surface area contributed by atoms with Crippen LogP contribution in [-0.4, -0.2) is 29.3 Å². The van der Waals surface area contributed by atoms with Crippen molar-refractivity contribution in [1.82, 2.24) is 4.98 Å². The summed E-state index contributed by atoms with van der Waals surface area (Å²) in [5, 5.41) is 10.6. The number of aliphatic hydroxyl groups is 1. The molecule has 0 saturated heterocycles. The summed E-state index contributed by atoms with van der Waals surface area (Å²) in [6, 6.07) is 7.75. The number of aliphatic hydroxyl groups excluding tert-OH is 1. The van der Waals surface area contributed by atoms with E-state index in [1.165, 1.54) is 7.11 Å². The van der Waals surface area contributed by atoms with E-state index in [1.54, 1.807) is 6.20 Å². The minimum atomic E-state index is -1.11. The third-order valence-corrected chi connectivity index (χ3v) is 2.56. The number of nitrogens with one attached hydrogen (secondary N) is 1. The zero-order valence-corrected chi connectivity index (χ0v) is 8.93. The third kappa shape index (κ3) is 1.92. The summed E-state index contributed by atoms with van der Waals surface area (Å²) in [6.07, 6.45) is 0.956. The average Bonchev–Trinajstić information content (AvgIpc) is 2.72. The number of hydrogen-bond donors (Lipinski definition) is 2. The highest BCUT2D eigenvalue weighted by molar-refractivity contribution is 5.84. The maximum absolute atomic E-state index is 11.1. The Bertz CT molecular complexity index is 504. The number of aromatic amines is 1. The van der Waals surface area contributed by atoms with Gasteiger partial charge in [-0.15, -0.1) is 0 Å². The summed E-state index contributed by atoms with van der Waals surface area (Å²) < 4.78 is 4.47. The average molecular weight is 219 g/mol. The smallest absolute Gasteiger partial charge is 0.335 e. The van der Waals surface area contributed by atoms with Crippen molar-refractivity contribution in [3.8, 4) is 0 Å². The Morgan fingerprint density at radius 1 is 1.50 bits per heavy atom. The van der Waals surface area contributed by atoms with Gasteiger partial charge in [-0.25, -0.2) is 4.79 Å². The normalized spacial score (nSPS) is 12.6. The van der Waals surface area contributed by atoms with Gasteiger partial charge in [-0.05, 0) is 11.6 Å².